The second-order valence-corrected chi connectivity index (χ2v) is 4.54. The van der Waals surface area contributed by atoms with E-state index in [4.69, 9.17) is 5.73 Å². The van der Waals surface area contributed by atoms with Crippen LogP contribution < -0.4 is 16.0 Å². The molecule has 5 heteroatoms. The van der Waals surface area contributed by atoms with E-state index in [1.165, 1.54) is 12.1 Å². The number of rotatable bonds is 6. The zero-order chi connectivity index (χ0) is 13.7. The van der Waals surface area contributed by atoms with Crippen molar-refractivity contribution in [2.24, 2.45) is 5.73 Å². The molecule has 3 N–H and O–H groups in total. The molecule has 100 valence electrons. The number of hydrogen-bond acceptors (Lipinski definition) is 3. The molecular formula is C13H20FN3O. The van der Waals surface area contributed by atoms with Gasteiger partial charge in [0.1, 0.15) is 5.82 Å². The SMILES string of the molecule is CNCc1cc(F)cc(N(CC(N)=O)C(C)C)c1. The van der Waals surface area contributed by atoms with Crippen molar-refractivity contribution >= 4 is 11.6 Å². The Morgan fingerprint density at radius 1 is 1.44 bits per heavy atom. The Kier molecular flexibility index (Phi) is 5.09. The fourth-order valence-electron chi connectivity index (χ4n) is 1.85. The van der Waals surface area contributed by atoms with Gasteiger partial charge in [-0.05, 0) is 44.7 Å². The first-order valence-corrected chi connectivity index (χ1v) is 5.93. The number of carbonyl (C=O) groups is 1. The van der Waals surface area contributed by atoms with E-state index >= 15 is 0 Å². The van der Waals surface area contributed by atoms with Gasteiger partial charge in [0.05, 0.1) is 6.54 Å². The van der Waals surface area contributed by atoms with Crippen LogP contribution in [0, 0.1) is 5.82 Å². The van der Waals surface area contributed by atoms with Crippen LogP contribution >= 0.6 is 0 Å². The number of halogens is 1. The van der Waals surface area contributed by atoms with Crippen LogP contribution in [-0.4, -0.2) is 25.5 Å². The quantitative estimate of drug-likeness (QED) is 0.802. The lowest BCUT2D eigenvalue weighted by Crippen LogP contribution is -2.38. The summed E-state index contributed by atoms with van der Waals surface area (Å²) >= 11 is 0. The van der Waals surface area contributed by atoms with Gasteiger partial charge in [-0.25, -0.2) is 4.39 Å². The van der Waals surface area contributed by atoms with Gasteiger partial charge in [0.15, 0.2) is 0 Å². The first-order valence-electron chi connectivity index (χ1n) is 5.93. The van der Waals surface area contributed by atoms with Crippen molar-refractivity contribution in [3.63, 3.8) is 0 Å². The average molecular weight is 253 g/mol. The Balaban J connectivity index is 3.06. The van der Waals surface area contributed by atoms with Crippen LogP contribution in [0.15, 0.2) is 18.2 Å². The summed E-state index contributed by atoms with van der Waals surface area (Å²) in [5.74, 6) is -0.740. The fraction of sp³-hybridized carbons (Fsp3) is 0.462. The number of nitrogens with two attached hydrogens (primary N) is 1. The molecule has 0 radical (unpaired) electrons. The van der Waals surface area contributed by atoms with Gasteiger partial charge in [-0.3, -0.25) is 4.79 Å². The Hall–Kier alpha value is -1.62. The highest BCUT2D eigenvalue weighted by atomic mass is 19.1. The Labute approximate surface area is 107 Å². The standard InChI is InChI=1S/C13H20FN3O/c1-9(2)17(8-13(15)18)12-5-10(7-16-3)4-11(14)6-12/h4-6,9,16H,7-8H2,1-3H3,(H2,15,18). The van der Waals surface area contributed by atoms with E-state index in [1.54, 1.807) is 11.9 Å². The second kappa shape index (κ2) is 6.35. The summed E-state index contributed by atoms with van der Waals surface area (Å²) < 4.78 is 13.5. The molecule has 0 fully saturated rings. The molecule has 0 aliphatic heterocycles. The molecule has 0 atom stereocenters. The van der Waals surface area contributed by atoms with Crippen LogP contribution in [0.25, 0.3) is 0 Å². The highest BCUT2D eigenvalue weighted by Crippen LogP contribution is 2.20. The number of benzene rings is 1. The number of nitrogens with zero attached hydrogens (tertiary/aromatic N) is 1. The number of amides is 1. The normalized spacial score (nSPS) is 10.7. The maximum absolute atomic E-state index is 13.5. The van der Waals surface area contributed by atoms with E-state index in [9.17, 15) is 9.18 Å². The summed E-state index contributed by atoms with van der Waals surface area (Å²) in [6.07, 6.45) is 0. The molecule has 0 spiro atoms. The number of nitrogens with one attached hydrogen (secondary N) is 1. The molecule has 0 bridgehead atoms. The van der Waals surface area contributed by atoms with Gasteiger partial charge in [-0.15, -0.1) is 0 Å². The first kappa shape index (κ1) is 14.4. The topological polar surface area (TPSA) is 58.4 Å². The zero-order valence-electron chi connectivity index (χ0n) is 11.0. The molecule has 0 saturated heterocycles. The zero-order valence-corrected chi connectivity index (χ0v) is 11.0. The van der Waals surface area contributed by atoms with Crippen LogP contribution in [0.2, 0.25) is 0 Å². The lowest BCUT2D eigenvalue weighted by Gasteiger charge is -2.28. The summed E-state index contributed by atoms with van der Waals surface area (Å²) in [6.45, 7) is 4.53. The molecule has 0 heterocycles. The van der Waals surface area contributed by atoms with Gasteiger partial charge in [-0.2, -0.15) is 0 Å². The van der Waals surface area contributed by atoms with E-state index in [2.05, 4.69) is 5.32 Å². The minimum Gasteiger partial charge on any atom is -0.368 e. The number of hydrogen-bond donors (Lipinski definition) is 2. The monoisotopic (exact) mass is 253 g/mol. The van der Waals surface area contributed by atoms with Crippen LogP contribution in [0.4, 0.5) is 10.1 Å². The van der Waals surface area contributed by atoms with Gasteiger partial charge in [0.25, 0.3) is 0 Å². The molecule has 0 unspecified atom stereocenters. The van der Waals surface area contributed by atoms with E-state index < -0.39 is 5.91 Å². The largest absolute Gasteiger partial charge is 0.368 e. The minimum atomic E-state index is -0.428. The summed E-state index contributed by atoms with van der Waals surface area (Å²) in [7, 11) is 1.80. The van der Waals surface area contributed by atoms with Gasteiger partial charge in [0, 0.05) is 18.3 Å². The van der Waals surface area contributed by atoms with Crippen molar-refractivity contribution in [1.82, 2.24) is 5.32 Å². The van der Waals surface area contributed by atoms with E-state index in [-0.39, 0.29) is 18.4 Å². The molecular weight excluding hydrogens is 233 g/mol. The van der Waals surface area contributed by atoms with Crippen molar-refractivity contribution in [2.45, 2.75) is 26.4 Å². The average Bonchev–Trinajstić information content (AvgIpc) is 2.24. The summed E-state index contributed by atoms with van der Waals surface area (Å²) in [4.78, 5) is 12.8. The lowest BCUT2D eigenvalue weighted by molar-refractivity contribution is -0.116. The minimum absolute atomic E-state index is 0.0711. The van der Waals surface area contributed by atoms with Gasteiger partial charge >= 0.3 is 0 Å². The maximum Gasteiger partial charge on any atom is 0.236 e. The molecule has 4 nitrogen and oxygen atoms in total. The van der Waals surface area contributed by atoms with Crippen molar-refractivity contribution in [3.8, 4) is 0 Å². The number of carbonyl (C=O) groups excluding carboxylic acids is 1. The van der Waals surface area contributed by atoms with Gasteiger partial charge < -0.3 is 16.0 Å². The Morgan fingerprint density at radius 3 is 2.61 bits per heavy atom. The van der Waals surface area contributed by atoms with E-state index in [1.807, 2.05) is 19.9 Å². The van der Waals surface area contributed by atoms with Crippen molar-refractivity contribution < 1.29 is 9.18 Å². The van der Waals surface area contributed by atoms with Crippen molar-refractivity contribution in [3.05, 3.63) is 29.6 Å². The van der Waals surface area contributed by atoms with Crippen LogP contribution in [0.5, 0.6) is 0 Å². The molecule has 1 amide bonds. The molecule has 18 heavy (non-hydrogen) atoms. The molecule has 1 rings (SSSR count). The van der Waals surface area contributed by atoms with Crippen LogP contribution in [0.1, 0.15) is 19.4 Å². The molecule has 0 aromatic heterocycles. The molecule has 1 aromatic rings. The predicted octanol–water partition coefficient (Wildman–Crippen LogP) is 1.25. The van der Waals surface area contributed by atoms with Crippen molar-refractivity contribution in [1.29, 1.82) is 0 Å². The number of primary amides is 1. The summed E-state index contributed by atoms with van der Waals surface area (Å²) in [5, 5.41) is 2.97. The highest BCUT2D eigenvalue weighted by Gasteiger charge is 2.14. The molecule has 0 aliphatic carbocycles. The smallest absolute Gasteiger partial charge is 0.236 e. The van der Waals surface area contributed by atoms with Gasteiger partial charge in [0.2, 0.25) is 5.91 Å². The molecule has 1 aromatic carbocycles. The summed E-state index contributed by atoms with van der Waals surface area (Å²) in [5.41, 5.74) is 6.73. The van der Waals surface area contributed by atoms with E-state index in [0.717, 1.165) is 5.56 Å². The molecule has 0 saturated carbocycles. The maximum atomic E-state index is 13.5. The Bertz CT molecular complexity index is 421. The third-order valence-electron chi connectivity index (χ3n) is 2.60. The van der Waals surface area contributed by atoms with Crippen LogP contribution in [-0.2, 0) is 11.3 Å². The summed E-state index contributed by atoms with van der Waals surface area (Å²) in [6, 6.07) is 4.83. The van der Waals surface area contributed by atoms with Crippen LogP contribution in [0.3, 0.4) is 0 Å². The first-order chi connectivity index (χ1) is 8.43. The fourth-order valence-corrected chi connectivity index (χ4v) is 1.85. The second-order valence-electron chi connectivity index (χ2n) is 4.54. The third-order valence-corrected chi connectivity index (χ3v) is 2.60. The highest BCUT2D eigenvalue weighted by molar-refractivity contribution is 5.79. The van der Waals surface area contributed by atoms with E-state index in [0.29, 0.717) is 12.2 Å². The predicted molar refractivity (Wildman–Crippen MR) is 70.8 cm³/mol. The number of anilines is 1. The third kappa shape index (κ3) is 4.00. The lowest BCUT2D eigenvalue weighted by atomic mass is 10.1. The van der Waals surface area contributed by atoms with Gasteiger partial charge in [-0.1, -0.05) is 0 Å². The van der Waals surface area contributed by atoms with Crippen molar-refractivity contribution in [2.75, 3.05) is 18.5 Å². The molecule has 0 aliphatic rings. The Morgan fingerprint density at radius 2 is 2.11 bits per heavy atom.